The molecule has 6 heteroatoms. The summed E-state index contributed by atoms with van der Waals surface area (Å²) >= 11 is 0. The molecule has 2 aliphatic heterocycles. The van der Waals surface area contributed by atoms with E-state index in [4.69, 9.17) is 5.73 Å². The highest BCUT2D eigenvalue weighted by Gasteiger charge is 2.33. The summed E-state index contributed by atoms with van der Waals surface area (Å²) in [5.74, 6) is 0.00634. The average Bonchev–Trinajstić information content (AvgIpc) is 2.78. The quantitative estimate of drug-likeness (QED) is 0.854. The number of nitrogens with zero attached hydrogens (tertiary/aromatic N) is 2. The zero-order valence-electron chi connectivity index (χ0n) is 12.2. The summed E-state index contributed by atoms with van der Waals surface area (Å²) in [6.07, 6.45) is 3.21. The number of sulfonamides is 1. The van der Waals surface area contributed by atoms with E-state index in [1.54, 1.807) is 16.4 Å². The van der Waals surface area contributed by atoms with E-state index in [0.717, 1.165) is 25.9 Å². The van der Waals surface area contributed by atoms with Crippen molar-refractivity contribution in [1.82, 2.24) is 9.21 Å². The van der Waals surface area contributed by atoms with Crippen LogP contribution in [-0.4, -0.2) is 49.8 Å². The Labute approximate surface area is 126 Å². The predicted molar refractivity (Wildman–Crippen MR) is 84.3 cm³/mol. The lowest BCUT2D eigenvalue weighted by molar-refractivity contribution is 0.257. The molecule has 2 fully saturated rings. The molecule has 1 aromatic rings. The van der Waals surface area contributed by atoms with Crippen molar-refractivity contribution in [2.45, 2.75) is 31.1 Å². The molecule has 116 valence electrons. The van der Waals surface area contributed by atoms with Gasteiger partial charge in [-0.3, -0.25) is 4.90 Å². The molecule has 0 spiro atoms. The fourth-order valence-electron chi connectivity index (χ4n) is 3.38. The lowest BCUT2D eigenvalue weighted by atomic mass is 10.2. The van der Waals surface area contributed by atoms with E-state index < -0.39 is 10.0 Å². The summed E-state index contributed by atoms with van der Waals surface area (Å²) in [4.78, 5) is 2.44. The summed E-state index contributed by atoms with van der Waals surface area (Å²) in [6, 6.07) is 7.62. The third-order valence-electron chi connectivity index (χ3n) is 4.55. The second kappa shape index (κ2) is 5.94. The molecule has 0 aromatic heterocycles. The van der Waals surface area contributed by atoms with E-state index in [9.17, 15) is 8.42 Å². The molecule has 1 unspecified atom stereocenters. The number of rotatable bonds is 3. The Kier molecular flexibility index (Phi) is 4.19. The molecule has 3 rings (SSSR count). The Bertz CT molecular complexity index is 603. The van der Waals surface area contributed by atoms with Crippen LogP contribution in [0.5, 0.6) is 0 Å². The largest absolute Gasteiger partial charge is 0.398 e. The number of anilines is 1. The van der Waals surface area contributed by atoms with Crippen LogP contribution in [0.15, 0.2) is 24.3 Å². The van der Waals surface area contributed by atoms with Gasteiger partial charge in [0.05, 0.1) is 5.75 Å². The lowest BCUT2D eigenvalue weighted by Gasteiger charge is -2.25. The van der Waals surface area contributed by atoms with Crippen LogP contribution < -0.4 is 5.73 Å². The monoisotopic (exact) mass is 309 g/mol. The zero-order chi connectivity index (χ0) is 14.9. The molecule has 0 radical (unpaired) electrons. The Balaban J connectivity index is 1.76. The molecule has 0 aliphatic carbocycles. The molecular weight excluding hydrogens is 286 g/mol. The molecular formula is C15H23N3O2S. The maximum atomic E-state index is 12.7. The molecule has 0 bridgehead atoms. The Morgan fingerprint density at radius 3 is 2.71 bits per heavy atom. The number of benzene rings is 1. The van der Waals surface area contributed by atoms with Gasteiger partial charge in [-0.05, 0) is 44.0 Å². The van der Waals surface area contributed by atoms with Crippen molar-refractivity contribution in [3.8, 4) is 0 Å². The molecule has 1 atom stereocenters. The third kappa shape index (κ3) is 3.22. The highest BCUT2D eigenvalue weighted by molar-refractivity contribution is 7.88. The minimum absolute atomic E-state index is 0.00634. The smallest absolute Gasteiger partial charge is 0.218 e. The van der Waals surface area contributed by atoms with Crippen molar-refractivity contribution in [1.29, 1.82) is 0 Å². The van der Waals surface area contributed by atoms with Crippen LogP contribution in [0, 0.1) is 0 Å². The summed E-state index contributed by atoms with van der Waals surface area (Å²) in [6.45, 7) is 3.39. The SMILES string of the molecule is Nc1ccccc1CS(=O)(=O)N1CCCN2CCCC2C1. The first-order valence-electron chi connectivity index (χ1n) is 7.61. The zero-order valence-corrected chi connectivity index (χ0v) is 13.1. The molecule has 21 heavy (non-hydrogen) atoms. The van der Waals surface area contributed by atoms with Crippen molar-refractivity contribution in [3.05, 3.63) is 29.8 Å². The molecule has 2 aliphatic rings. The first-order chi connectivity index (χ1) is 10.1. The van der Waals surface area contributed by atoms with Gasteiger partial charge in [0.15, 0.2) is 0 Å². The fraction of sp³-hybridized carbons (Fsp3) is 0.600. The molecule has 0 amide bonds. The maximum Gasteiger partial charge on any atom is 0.218 e. The van der Waals surface area contributed by atoms with Gasteiger partial charge in [0, 0.05) is 24.8 Å². The fourth-order valence-corrected chi connectivity index (χ4v) is 5.02. The van der Waals surface area contributed by atoms with Crippen molar-refractivity contribution >= 4 is 15.7 Å². The second-order valence-electron chi connectivity index (χ2n) is 6.00. The molecule has 1 aromatic carbocycles. The van der Waals surface area contributed by atoms with Crippen molar-refractivity contribution < 1.29 is 8.42 Å². The number of hydrogen-bond donors (Lipinski definition) is 1. The standard InChI is InChI=1S/C15H23N3O2S/c16-15-7-2-1-5-13(15)12-21(19,20)18-10-4-9-17-8-3-6-14(17)11-18/h1-2,5,7,14H,3-4,6,8-12,16H2. The minimum atomic E-state index is -3.29. The third-order valence-corrected chi connectivity index (χ3v) is 6.35. The van der Waals surface area contributed by atoms with Crippen molar-refractivity contribution in [2.24, 2.45) is 0 Å². The van der Waals surface area contributed by atoms with Gasteiger partial charge in [0.2, 0.25) is 10.0 Å². The van der Waals surface area contributed by atoms with Crippen molar-refractivity contribution in [3.63, 3.8) is 0 Å². The van der Waals surface area contributed by atoms with Crippen LogP contribution in [0.3, 0.4) is 0 Å². The minimum Gasteiger partial charge on any atom is -0.398 e. The first-order valence-corrected chi connectivity index (χ1v) is 9.22. The van der Waals surface area contributed by atoms with Gasteiger partial charge in [-0.2, -0.15) is 0 Å². The van der Waals surface area contributed by atoms with E-state index >= 15 is 0 Å². The van der Waals surface area contributed by atoms with Gasteiger partial charge in [0.25, 0.3) is 0 Å². The molecule has 0 saturated carbocycles. The van der Waals surface area contributed by atoms with E-state index in [1.165, 1.54) is 6.42 Å². The number of nitrogens with two attached hydrogens (primary N) is 1. The predicted octanol–water partition coefficient (Wildman–Crippen LogP) is 1.27. The molecule has 2 heterocycles. The lowest BCUT2D eigenvalue weighted by Crippen LogP contribution is -2.40. The van der Waals surface area contributed by atoms with E-state index in [1.807, 2.05) is 12.1 Å². The van der Waals surface area contributed by atoms with Crippen molar-refractivity contribution in [2.75, 3.05) is 31.9 Å². The van der Waals surface area contributed by atoms with Gasteiger partial charge < -0.3 is 5.73 Å². The topological polar surface area (TPSA) is 66.6 Å². The van der Waals surface area contributed by atoms with Gasteiger partial charge >= 0.3 is 0 Å². The highest BCUT2D eigenvalue weighted by Crippen LogP contribution is 2.24. The maximum absolute atomic E-state index is 12.7. The Morgan fingerprint density at radius 2 is 1.90 bits per heavy atom. The summed E-state index contributed by atoms with van der Waals surface area (Å²) in [5.41, 5.74) is 7.14. The van der Waals surface area contributed by atoms with Crippen LogP contribution in [0.1, 0.15) is 24.8 Å². The van der Waals surface area contributed by atoms with Gasteiger partial charge in [0.1, 0.15) is 0 Å². The highest BCUT2D eigenvalue weighted by atomic mass is 32.2. The molecule has 2 saturated heterocycles. The Hall–Kier alpha value is -1.11. The number of nitrogen functional groups attached to an aromatic ring is 1. The van der Waals surface area contributed by atoms with Gasteiger partial charge in [-0.1, -0.05) is 18.2 Å². The first kappa shape index (κ1) is 14.8. The van der Waals surface area contributed by atoms with E-state index in [0.29, 0.717) is 30.4 Å². The Morgan fingerprint density at radius 1 is 1.14 bits per heavy atom. The number of fused-ring (bicyclic) bond motifs is 1. The molecule has 2 N–H and O–H groups in total. The normalized spacial score (nSPS) is 24.7. The summed E-state index contributed by atoms with van der Waals surface area (Å²) in [7, 11) is -3.29. The number of para-hydroxylation sites is 1. The van der Waals surface area contributed by atoms with Crippen LogP contribution in [0.4, 0.5) is 5.69 Å². The van der Waals surface area contributed by atoms with Gasteiger partial charge in [-0.25, -0.2) is 12.7 Å². The number of hydrogen-bond acceptors (Lipinski definition) is 4. The van der Waals surface area contributed by atoms with Crippen LogP contribution in [-0.2, 0) is 15.8 Å². The molecule has 5 nitrogen and oxygen atoms in total. The van der Waals surface area contributed by atoms with Gasteiger partial charge in [-0.15, -0.1) is 0 Å². The van der Waals surface area contributed by atoms with Crippen LogP contribution >= 0.6 is 0 Å². The van der Waals surface area contributed by atoms with E-state index in [2.05, 4.69) is 4.90 Å². The summed E-state index contributed by atoms with van der Waals surface area (Å²) < 4.78 is 27.1. The second-order valence-corrected chi connectivity index (χ2v) is 7.97. The van der Waals surface area contributed by atoms with E-state index in [-0.39, 0.29) is 5.75 Å². The van der Waals surface area contributed by atoms with Crippen LogP contribution in [0.2, 0.25) is 0 Å². The average molecular weight is 309 g/mol. The summed E-state index contributed by atoms with van der Waals surface area (Å²) in [5, 5.41) is 0. The van der Waals surface area contributed by atoms with Crippen LogP contribution in [0.25, 0.3) is 0 Å².